The van der Waals surface area contributed by atoms with Crippen LogP contribution >= 0.6 is 0 Å². The molecule has 0 aliphatic carbocycles. The van der Waals surface area contributed by atoms with Gasteiger partial charge in [0.15, 0.2) is 0 Å². The van der Waals surface area contributed by atoms with Crippen LogP contribution in [0.4, 0.5) is 0 Å². The molecule has 0 saturated heterocycles. The van der Waals surface area contributed by atoms with Crippen molar-refractivity contribution in [3.63, 3.8) is 0 Å². The summed E-state index contributed by atoms with van der Waals surface area (Å²) in [6.07, 6.45) is 6.10. The number of para-hydroxylation sites is 1. The Morgan fingerprint density at radius 2 is 2.00 bits per heavy atom. The van der Waals surface area contributed by atoms with Crippen molar-refractivity contribution in [3.8, 4) is 5.75 Å². The fraction of sp³-hybridized carbons (Fsp3) is 0. The lowest BCUT2D eigenvalue weighted by atomic mass is 10.2. The maximum Gasteiger partial charge on any atom is 0.241 e. The molecule has 0 atom stereocenters. The molecular formula is C11H11NO2. The van der Waals surface area contributed by atoms with Gasteiger partial charge in [-0.15, -0.1) is 0 Å². The van der Waals surface area contributed by atoms with Gasteiger partial charge in [0, 0.05) is 11.6 Å². The molecule has 72 valence electrons. The normalized spacial score (nSPS) is 11.1. The van der Waals surface area contributed by atoms with Crippen molar-refractivity contribution in [3.05, 3.63) is 48.1 Å². The van der Waals surface area contributed by atoms with E-state index in [4.69, 9.17) is 5.73 Å². The predicted molar refractivity (Wildman–Crippen MR) is 55.5 cm³/mol. The molecule has 0 heterocycles. The summed E-state index contributed by atoms with van der Waals surface area (Å²) in [5, 5.41) is 9.35. The van der Waals surface area contributed by atoms with Crippen LogP contribution in [0.25, 0.3) is 6.08 Å². The van der Waals surface area contributed by atoms with Gasteiger partial charge in [0.2, 0.25) is 5.91 Å². The molecule has 3 heteroatoms. The summed E-state index contributed by atoms with van der Waals surface area (Å²) in [4.78, 5) is 10.3. The molecule has 3 nitrogen and oxygen atoms in total. The third-order valence-electron chi connectivity index (χ3n) is 1.58. The summed E-state index contributed by atoms with van der Waals surface area (Å²) in [6, 6.07) is 6.92. The second-order valence-corrected chi connectivity index (χ2v) is 2.68. The summed E-state index contributed by atoms with van der Waals surface area (Å²) in [5.41, 5.74) is 5.59. The summed E-state index contributed by atoms with van der Waals surface area (Å²) in [6.45, 7) is 0. The van der Waals surface area contributed by atoms with Gasteiger partial charge in [-0.25, -0.2) is 0 Å². The number of benzene rings is 1. The fourth-order valence-electron chi connectivity index (χ4n) is 0.938. The van der Waals surface area contributed by atoms with E-state index in [9.17, 15) is 9.90 Å². The monoisotopic (exact) mass is 189 g/mol. The predicted octanol–water partition coefficient (Wildman–Crippen LogP) is 1.45. The molecule has 3 N–H and O–H groups in total. The van der Waals surface area contributed by atoms with Crippen LogP contribution in [0.5, 0.6) is 5.75 Å². The Labute approximate surface area is 82.2 Å². The Morgan fingerprint density at radius 3 is 2.64 bits per heavy atom. The number of carbonyl (C=O) groups is 1. The van der Waals surface area contributed by atoms with Gasteiger partial charge in [-0.05, 0) is 6.07 Å². The third-order valence-corrected chi connectivity index (χ3v) is 1.58. The number of phenols is 1. The highest BCUT2D eigenvalue weighted by molar-refractivity contribution is 5.86. The first kappa shape index (κ1) is 10.1. The Hall–Kier alpha value is -2.03. The lowest BCUT2D eigenvalue weighted by Crippen LogP contribution is -2.04. The van der Waals surface area contributed by atoms with Gasteiger partial charge < -0.3 is 10.8 Å². The second kappa shape index (κ2) is 4.87. The van der Waals surface area contributed by atoms with Crippen molar-refractivity contribution >= 4 is 12.0 Å². The SMILES string of the molecule is NC(=O)/C=C/C=C/c1ccccc1O. The average Bonchev–Trinajstić information content (AvgIpc) is 2.15. The van der Waals surface area contributed by atoms with Gasteiger partial charge in [0.05, 0.1) is 0 Å². The molecule has 0 radical (unpaired) electrons. The van der Waals surface area contributed by atoms with E-state index < -0.39 is 5.91 Å². The van der Waals surface area contributed by atoms with Gasteiger partial charge in [-0.1, -0.05) is 36.4 Å². The minimum Gasteiger partial charge on any atom is -0.507 e. The molecule has 0 aliphatic rings. The Bertz CT molecular complexity index is 381. The van der Waals surface area contributed by atoms with Gasteiger partial charge in [0.25, 0.3) is 0 Å². The molecule has 0 aliphatic heterocycles. The number of primary amides is 1. The van der Waals surface area contributed by atoms with Gasteiger partial charge >= 0.3 is 0 Å². The Balaban J connectivity index is 2.69. The van der Waals surface area contributed by atoms with Gasteiger partial charge in [0.1, 0.15) is 5.75 Å². The molecule has 1 amide bonds. The second-order valence-electron chi connectivity index (χ2n) is 2.68. The number of phenolic OH excluding ortho intramolecular Hbond substituents is 1. The van der Waals surface area contributed by atoms with Crippen molar-refractivity contribution in [2.45, 2.75) is 0 Å². The molecule has 0 spiro atoms. The maximum atomic E-state index is 10.3. The number of amides is 1. The first-order valence-corrected chi connectivity index (χ1v) is 4.12. The van der Waals surface area contributed by atoms with E-state index in [1.54, 1.807) is 30.4 Å². The lowest BCUT2D eigenvalue weighted by molar-refractivity contribution is -0.113. The topological polar surface area (TPSA) is 63.3 Å². The highest BCUT2D eigenvalue weighted by atomic mass is 16.3. The first-order valence-electron chi connectivity index (χ1n) is 4.12. The van der Waals surface area contributed by atoms with Crippen molar-refractivity contribution in [2.24, 2.45) is 5.73 Å². The van der Waals surface area contributed by atoms with Crippen LogP contribution in [-0.4, -0.2) is 11.0 Å². The standard InChI is InChI=1S/C11H11NO2/c12-11(14)8-4-2-6-9-5-1-3-7-10(9)13/h1-8,13H,(H2,12,14)/b6-2+,8-4+. The number of aromatic hydroxyl groups is 1. The van der Waals surface area contributed by atoms with E-state index in [0.29, 0.717) is 5.56 Å². The maximum absolute atomic E-state index is 10.3. The zero-order valence-electron chi connectivity index (χ0n) is 7.55. The Morgan fingerprint density at radius 1 is 1.29 bits per heavy atom. The van der Waals surface area contributed by atoms with Crippen LogP contribution < -0.4 is 5.73 Å². The third kappa shape index (κ3) is 3.15. The van der Waals surface area contributed by atoms with E-state index in [1.165, 1.54) is 12.2 Å². The van der Waals surface area contributed by atoms with Crippen LogP contribution in [0.15, 0.2) is 42.5 Å². The van der Waals surface area contributed by atoms with E-state index in [1.807, 2.05) is 6.07 Å². The zero-order valence-corrected chi connectivity index (χ0v) is 7.55. The minimum absolute atomic E-state index is 0.205. The Kier molecular flexibility index (Phi) is 3.49. The first-order chi connectivity index (χ1) is 6.70. The zero-order chi connectivity index (χ0) is 10.4. The van der Waals surface area contributed by atoms with Crippen LogP contribution in [0, 0.1) is 0 Å². The molecule has 0 bridgehead atoms. The minimum atomic E-state index is -0.494. The van der Waals surface area contributed by atoms with E-state index in [2.05, 4.69) is 0 Å². The molecular weight excluding hydrogens is 178 g/mol. The van der Waals surface area contributed by atoms with E-state index in [0.717, 1.165) is 0 Å². The summed E-state index contributed by atoms with van der Waals surface area (Å²) < 4.78 is 0. The highest BCUT2D eigenvalue weighted by Gasteiger charge is 1.91. The van der Waals surface area contributed by atoms with Crippen molar-refractivity contribution in [1.82, 2.24) is 0 Å². The molecule has 14 heavy (non-hydrogen) atoms. The molecule has 1 rings (SSSR count). The average molecular weight is 189 g/mol. The van der Waals surface area contributed by atoms with Gasteiger partial charge in [-0.2, -0.15) is 0 Å². The van der Waals surface area contributed by atoms with Gasteiger partial charge in [-0.3, -0.25) is 4.79 Å². The number of nitrogens with two attached hydrogens (primary N) is 1. The summed E-state index contributed by atoms with van der Waals surface area (Å²) in [5.74, 6) is -0.289. The van der Waals surface area contributed by atoms with E-state index in [-0.39, 0.29) is 5.75 Å². The number of hydrogen-bond donors (Lipinski definition) is 2. The molecule has 1 aromatic carbocycles. The van der Waals surface area contributed by atoms with Crippen LogP contribution in [0.2, 0.25) is 0 Å². The van der Waals surface area contributed by atoms with Crippen molar-refractivity contribution in [1.29, 1.82) is 0 Å². The number of allylic oxidation sites excluding steroid dienone is 2. The van der Waals surface area contributed by atoms with Crippen molar-refractivity contribution < 1.29 is 9.90 Å². The number of carbonyl (C=O) groups excluding carboxylic acids is 1. The van der Waals surface area contributed by atoms with Crippen LogP contribution in [-0.2, 0) is 4.79 Å². The smallest absolute Gasteiger partial charge is 0.241 e. The van der Waals surface area contributed by atoms with Crippen molar-refractivity contribution in [2.75, 3.05) is 0 Å². The number of rotatable bonds is 3. The van der Waals surface area contributed by atoms with E-state index >= 15 is 0 Å². The molecule has 0 aromatic heterocycles. The summed E-state index contributed by atoms with van der Waals surface area (Å²) in [7, 11) is 0. The molecule has 0 saturated carbocycles. The van der Waals surface area contributed by atoms with Crippen LogP contribution in [0.3, 0.4) is 0 Å². The molecule has 1 aromatic rings. The quantitative estimate of drug-likeness (QED) is 0.558. The largest absolute Gasteiger partial charge is 0.507 e. The summed E-state index contributed by atoms with van der Waals surface area (Å²) >= 11 is 0. The highest BCUT2D eigenvalue weighted by Crippen LogP contribution is 2.16. The molecule has 0 fully saturated rings. The number of hydrogen-bond acceptors (Lipinski definition) is 2. The fourth-order valence-corrected chi connectivity index (χ4v) is 0.938. The lowest BCUT2D eigenvalue weighted by Gasteiger charge is -1.95. The molecule has 0 unspecified atom stereocenters. The van der Waals surface area contributed by atoms with Crippen LogP contribution in [0.1, 0.15) is 5.56 Å².